The third-order valence-corrected chi connectivity index (χ3v) is 1.50. The zero-order chi connectivity index (χ0) is 5.98. The molecule has 0 aliphatic carbocycles. The highest BCUT2D eigenvalue weighted by Gasteiger charge is 2.08. The van der Waals surface area contributed by atoms with Gasteiger partial charge in [-0.1, -0.05) is 12.2 Å². The average Bonchev–Trinajstić information content (AvgIpc) is 1.77. The van der Waals surface area contributed by atoms with Gasteiger partial charge in [0.05, 0.1) is 6.17 Å². The van der Waals surface area contributed by atoms with Gasteiger partial charge in [-0.3, -0.25) is 4.90 Å². The average molecular weight is 112 g/mol. The van der Waals surface area contributed by atoms with Crippen LogP contribution >= 0.6 is 0 Å². The molecule has 0 aromatic heterocycles. The number of hydrogen-bond acceptors (Lipinski definition) is 2. The van der Waals surface area contributed by atoms with Crippen LogP contribution < -0.4 is 5.73 Å². The van der Waals surface area contributed by atoms with Crippen molar-refractivity contribution in [1.29, 1.82) is 0 Å². The van der Waals surface area contributed by atoms with Gasteiger partial charge in [0.1, 0.15) is 0 Å². The summed E-state index contributed by atoms with van der Waals surface area (Å²) in [7, 11) is 2.04. The SMILES string of the molecule is CN1CC=CCC1N. The Labute approximate surface area is 50.0 Å². The summed E-state index contributed by atoms with van der Waals surface area (Å²) in [4.78, 5) is 2.12. The van der Waals surface area contributed by atoms with Crippen LogP contribution in [0, 0.1) is 0 Å². The fourth-order valence-electron chi connectivity index (χ4n) is 0.792. The summed E-state index contributed by atoms with van der Waals surface area (Å²) >= 11 is 0. The van der Waals surface area contributed by atoms with E-state index in [1.54, 1.807) is 0 Å². The Kier molecular flexibility index (Phi) is 1.65. The van der Waals surface area contributed by atoms with Gasteiger partial charge in [0.15, 0.2) is 0 Å². The van der Waals surface area contributed by atoms with Crippen molar-refractivity contribution in [1.82, 2.24) is 4.90 Å². The van der Waals surface area contributed by atoms with Crippen LogP contribution in [0.1, 0.15) is 6.42 Å². The van der Waals surface area contributed by atoms with Crippen LogP contribution in [0.2, 0.25) is 0 Å². The van der Waals surface area contributed by atoms with E-state index in [1.165, 1.54) is 0 Å². The minimum atomic E-state index is 0.250. The van der Waals surface area contributed by atoms with Crippen LogP contribution in [0.4, 0.5) is 0 Å². The van der Waals surface area contributed by atoms with Crippen molar-refractivity contribution in [2.45, 2.75) is 12.6 Å². The van der Waals surface area contributed by atoms with Gasteiger partial charge in [0.2, 0.25) is 0 Å². The van der Waals surface area contributed by atoms with E-state index in [0.717, 1.165) is 13.0 Å². The second-order valence-electron chi connectivity index (χ2n) is 2.21. The number of likely N-dealkylation sites (N-methyl/N-ethyl adjacent to an activating group) is 1. The molecular weight excluding hydrogens is 100 g/mol. The van der Waals surface area contributed by atoms with Gasteiger partial charge in [-0.25, -0.2) is 0 Å². The third-order valence-electron chi connectivity index (χ3n) is 1.50. The molecule has 8 heavy (non-hydrogen) atoms. The molecular formula is C6H12N2. The lowest BCUT2D eigenvalue weighted by Gasteiger charge is -2.24. The molecule has 2 N–H and O–H groups in total. The lowest BCUT2D eigenvalue weighted by molar-refractivity contribution is 0.263. The van der Waals surface area contributed by atoms with Crippen molar-refractivity contribution in [3.05, 3.63) is 12.2 Å². The normalized spacial score (nSPS) is 31.0. The lowest BCUT2D eigenvalue weighted by Crippen LogP contribution is -2.40. The van der Waals surface area contributed by atoms with Gasteiger partial charge in [-0.2, -0.15) is 0 Å². The van der Waals surface area contributed by atoms with E-state index in [1.807, 2.05) is 7.05 Å². The fourth-order valence-corrected chi connectivity index (χ4v) is 0.792. The molecule has 0 bridgehead atoms. The molecule has 2 heteroatoms. The number of rotatable bonds is 0. The molecule has 2 nitrogen and oxygen atoms in total. The Morgan fingerprint density at radius 1 is 1.62 bits per heavy atom. The van der Waals surface area contributed by atoms with E-state index in [9.17, 15) is 0 Å². The van der Waals surface area contributed by atoms with Crippen molar-refractivity contribution in [2.24, 2.45) is 5.73 Å². The first-order valence-electron chi connectivity index (χ1n) is 2.91. The molecule has 0 spiro atoms. The van der Waals surface area contributed by atoms with Crippen molar-refractivity contribution >= 4 is 0 Å². The monoisotopic (exact) mass is 112 g/mol. The number of nitrogens with two attached hydrogens (primary N) is 1. The van der Waals surface area contributed by atoms with E-state index >= 15 is 0 Å². The molecule has 0 aromatic rings. The standard InChI is InChI=1S/C6H12N2/c1-8-5-3-2-4-6(8)7/h2-3,6H,4-5,7H2,1H3. The van der Waals surface area contributed by atoms with Crippen LogP contribution in [-0.2, 0) is 0 Å². The van der Waals surface area contributed by atoms with Crippen molar-refractivity contribution in [3.8, 4) is 0 Å². The molecule has 0 fully saturated rings. The smallest absolute Gasteiger partial charge is 0.0607 e. The highest BCUT2D eigenvalue weighted by molar-refractivity contribution is 4.92. The maximum Gasteiger partial charge on any atom is 0.0607 e. The van der Waals surface area contributed by atoms with Crippen LogP contribution in [0.15, 0.2) is 12.2 Å². The van der Waals surface area contributed by atoms with E-state index in [2.05, 4.69) is 17.1 Å². The summed E-state index contributed by atoms with van der Waals surface area (Å²) in [5, 5.41) is 0. The van der Waals surface area contributed by atoms with Gasteiger partial charge < -0.3 is 5.73 Å². The summed E-state index contributed by atoms with van der Waals surface area (Å²) in [6.07, 6.45) is 5.52. The van der Waals surface area contributed by atoms with Gasteiger partial charge in [-0.15, -0.1) is 0 Å². The van der Waals surface area contributed by atoms with Gasteiger partial charge >= 0.3 is 0 Å². The molecule has 0 radical (unpaired) electrons. The molecule has 0 saturated carbocycles. The van der Waals surface area contributed by atoms with Crippen LogP contribution in [-0.4, -0.2) is 24.7 Å². The number of nitrogens with zero attached hydrogens (tertiary/aromatic N) is 1. The first-order chi connectivity index (χ1) is 3.80. The molecule has 0 saturated heterocycles. The largest absolute Gasteiger partial charge is 0.315 e. The lowest BCUT2D eigenvalue weighted by atomic mass is 10.2. The minimum absolute atomic E-state index is 0.250. The zero-order valence-corrected chi connectivity index (χ0v) is 5.17. The second-order valence-corrected chi connectivity index (χ2v) is 2.21. The molecule has 46 valence electrons. The summed E-state index contributed by atoms with van der Waals surface area (Å²) in [5.74, 6) is 0. The molecule has 1 aliphatic rings. The highest BCUT2D eigenvalue weighted by atomic mass is 15.2. The van der Waals surface area contributed by atoms with Crippen LogP contribution in [0.3, 0.4) is 0 Å². The second kappa shape index (κ2) is 2.29. The molecule has 1 heterocycles. The zero-order valence-electron chi connectivity index (χ0n) is 5.17. The summed E-state index contributed by atoms with van der Waals surface area (Å²) in [6, 6.07) is 0. The highest BCUT2D eigenvalue weighted by Crippen LogP contribution is 2.01. The maximum absolute atomic E-state index is 5.65. The Morgan fingerprint density at radius 3 is 2.75 bits per heavy atom. The quantitative estimate of drug-likeness (QED) is 0.452. The minimum Gasteiger partial charge on any atom is -0.315 e. The van der Waals surface area contributed by atoms with Crippen molar-refractivity contribution < 1.29 is 0 Å². The van der Waals surface area contributed by atoms with Crippen molar-refractivity contribution in [2.75, 3.05) is 13.6 Å². The van der Waals surface area contributed by atoms with E-state index in [0.29, 0.717) is 0 Å². The predicted molar refractivity (Wildman–Crippen MR) is 34.4 cm³/mol. The molecule has 1 aliphatic heterocycles. The predicted octanol–water partition coefficient (Wildman–Crippen LogP) is 0.163. The van der Waals surface area contributed by atoms with E-state index in [-0.39, 0.29) is 6.17 Å². The molecule has 0 amide bonds. The Balaban J connectivity index is 2.44. The summed E-state index contributed by atoms with van der Waals surface area (Å²) in [6.45, 7) is 1.00. The van der Waals surface area contributed by atoms with Crippen molar-refractivity contribution in [3.63, 3.8) is 0 Å². The maximum atomic E-state index is 5.65. The molecule has 1 atom stereocenters. The van der Waals surface area contributed by atoms with Gasteiger partial charge in [0.25, 0.3) is 0 Å². The van der Waals surface area contributed by atoms with Gasteiger partial charge in [-0.05, 0) is 13.5 Å². The van der Waals surface area contributed by atoms with E-state index in [4.69, 9.17) is 5.73 Å². The summed E-state index contributed by atoms with van der Waals surface area (Å²) < 4.78 is 0. The summed E-state index contributed by atoms with van der Waals surface area (Å²) in [5.41, 5.74) is 5.65. The Hall–Kier alpha value is -0.340. The molecule has 1 rings (SSSR count). The topological polar surface area (TPSA) is 29.3 Å². The first kappa shape index (κ1) is 5.79. The van der Waals surface area contributed by atoms with E-state index < -0.39 is 0 Å². The molecule has 1 unspecified atom stereocenters. The fraction of sp³-hybridized carbons (Fsp3) is 0.667. The van der Waals surface area contributed by atoms with Crippen LogP contribution in [0.25, 0.3) is 0 Å². The van der Waals surface area contributed by atoms with Gasteiger partial charge in [0, 0.05) is 6.54 Å². The first-order valence-corrected chi connectivity index (χ1v) is 2.91. The molecule has 0 aromatic carbocycles. The Morgan fingerprint density at radius 2 is 2.38 bits per heavy atom. The Bertz CT molecular complexity index is 86.7. The number of hydrogen-bond donors (Lipinski definition) is 1. The van der Waals surface area contributed by atoms with Crippen LogP contribution in [0.5, 0.6) is 0 Å². The third kappa shape index (κ3) is 1.08.